The quantitative estimate of drug-likeness (QED) is 0.785. The number of hydrogen-bond donors (Lipinski definition) is 0. The van der Waals surface area contributed by atoms with Crippen LogP contribution < -0.4 is 0 Å². The van der Waals surface area contributed by atoms with Gasteiger partial charge in [0.2, 0.25) is 5.91 Å². The van der Waals surface area contributed by atoms with Gasteiger partial charge in [0.25, 0.3) is 5.91 Å². The summed E-state index contributed by atoms with van der Waals surface area (Å²) < 4.78 is 5.05. The van der Waals surface area contributed by atoms with Gasteiger partial charge < -0.3 is 14.5 Å². The van der Waals surface area contributed by atoms with Gasteiger partial charge in [0.15, 0.2) is 0 Å². The number of piperidine rings is 1. The molecule has 0 saturated carbocycles. The van der Waals surface area contributed by atoms with Crippen molar-refractivity contribution in [2.45, 2.75) is 6.42 Å². The number of carbonyl (C=O) groups excluding carboxylic acids is 2. The molecule has 7 heteroatoms. The summed E-state index contributed by atoms with van der Waals surface area (Å²) in [5, 5.41) is 0. The van der Waals surface area contributed by atoms with Gasteiger partial charge >= 0.3 is 0 Å². The van der Waals surface area contributed by atoms with Gasteiger partial charge in [0.1, 0.15) is 5.69 Å². The van der Waals surface area contributed by atoms with Crippen molar-refractivity contribution in [2.75, 3.05) is 39.9 Å². The van der Waals surface area contributed by atoms with E-state index in [0.29, 0.717) is 31.9 Å². The van der Waals surface area contributed by atoms with Crippen molar-refractivity contribution in [3.63, 3.8) is 0 Å². The summed E-state index contributed by atoms with van der Waals surface area (Å²) in [7, 11) is 1.63. The van der Waals surface area contributed by atoms with Crippen LogP contribution in [0.4, 0.5) is 0 Å². The van der Waals surface area contributed by atoms with Crippen LogP contribution in [-0.2, 0) is 9.53 Å². The molecule has 22 heavy (non-hydrogen) atoms. The van der Waals surface area contributed by atoms with E-state index in [1.165, 1.54) is 18.6 Å². The molecule has 2 amide bonds. The lowest BCUT2D eigenvalue weighted by Gasteiger charge is -2.33. The molecule has 0 N–H and O–H groups in total. The summed E-state index contributed by atoms with van der Waals surface area (Å²) in [5.74, 6) is 0.166. The predicted molar refractivity (Wildman–Crippen MR) is 78.0 cm³/mol. The van der Waals surface area contributed by atoms with Crippen LogP contribution in [0.2, 0.25) is 0 Å². The smallest absolute Gasteiger partial charge is 0.274 e. The Balaban J connectivity index is 1.66. The molecule has 0 aliphatic carbocycles. The first kappa shape index (κ1) is 14.9. The third-order valence-electron chi connectivity index (χ3n) is 4.47. The number of ether oxygens (including phenoxy) is 1. The topological polar surface area (TPSA) is 75.6 Å². The summed E-state index contributed by atoms with van der Waals surface area (Å²) in [6.07, 6.45) is 5.45. The summed E-state index contributed by atoms with van der Waals surface area (Å²) in [6, 6.07) is 0. The summed E-state index contributed by atoms with van der Waals surface area (Å²) >= 11 is 0. The Kier molecular flexibility index (Phi) is 4.33. The zero-order valence-corrected chi connectivity index (χ0v) is 12.6. The van der Waals surface area contributed by atoms with Crippen molar-refractivity contribution in [1.82, 2.24) is 19.8 Å². The molecule has 3 rings (SSSR count). The molecule has 2 fully saturated rings. The Morgan fingerprint density at radius 1 is 1.41 bits per heavy atom. The maximum Gasteiger partial charge on any atom is 0.274 e. The minimum absolute atomic E-state index is 0.0915. The van der Waals surface area contributed by atoms with Crippen LogP contribution in [0.5, 0.6) is 0 Å². The molecule has 1 aromatic rings. The van der Waals surface area contributed by atoms with E-state index in [0.717, 1.165) is 13.0 Å². The Morgan fingerprint density at radius 3 is 3.00 bits per heavy atom. The van der Waals surface area contributed by atoms with Crippen molar-refractivity contribution < 1.29 is 14.3 Å². The molecule has 0 spiro atoms. The number of amides is 2. The third-order valence-corrected chi connectivity index (χ3v) is 4.47. The van der Waals surface area contributed by atoms with Gasteiger partial charge in [-0.05, 0) is 12.3 Å². The molecule has 3 heterocycles. The fraction of sp³-hybridized carbons (Fsp3) is 0.600. The number of aromatic nitrogens is 2. The Bertz CT molecular complexity index is 551. The molecule has 0 aromatic carbocycles. The maximum absolute atomic E-state index is 12.5. The lowest BCUT2D eigenvalue weighted by molar-refractivity contribution is -0.140. The number of likely N-dealkylation sites (tertiary alicyclic amines) is 2. The normalized spacial score (nSPS) is 24.5. The predicted octanol–water partition coefficient (Wildman–Crippen LogP) is 0.0435. The molecular formula is C15H20N4O3. The SMILES string of the molecule is COCCN1CC[C@@H]2CN(C(=O)c3cnccn3)C[C@H]2C1=O. The number of carbonyl (C=O) groups is 2. The van der Waals surface area contributed by atoms with E-state index in [4.69, 9.17) is 4.74 Å². The zero-order chi connectivity index (χ0) is 15.5. The summed E-state index contributed by atoms with van der Waals surface area (Å²) in [5.41, 5.74) is 0.338. The van der Waals surface area contributed by atoms with Crippen LogP contribution >= 0.6 is 0 Å². The summed E-state index contributed by atoms with van der Waals surface area (Å²) in [6.45, 7) is 3.02. The second kappa shape index (κ2) is 6.39. The second-order valence-corrected chi connectivity index (χ2v) is 5.77. The van der Waals surface area contributed by atoms with Crippen LogP contribution in [0.1, 0.15) is 16.9 Å². The number of hydrogen-bond acceptors (Lipinski definition) is 5. The van der Waals surface area contributed by atoms with Gasteiger partial charge in [0, 0.05) is 45.7 Å². The van der Waals surface area contributed by atoms with Crippen LogP contribution in [0.25, 0.3) is 0 Å². The number of fused-ring (bicyclic) bond motifs is 1. The van der Waals surface area contributed by atoms with E-state index in [1.807, 2.05) is 4.90 Å². The number of methoxy groups -OCH3 is 1. The molecular weight excluding hydrogens is 284 g/mol. The van der Waals surface area contributed by atoms with Crippen molar-refractivity contribution in [3.8, 4) is 0 Å². The standard InChI is InChI=1S/C15H20N4O3/c1-22-7-6-18-5-2-11-9-19(10-12(11)14(18)20)15(21)13-8-16-3-4-17-13/h3-4,8,11-12H,2,5-7,9-10H2,1H3/t11-,12-/m1/s1. The molecule has 0 radical (unpaired) electrons. The fourth-order valence-electron chi connectivity index (χ4n) is 3.27. The van der Waals surface area contributed by atoms with Gasteiger partial charge in [0.05, 0.1) is 18.7 Å². The first-order chi connectivity index (χ1) is 10.7. The van der Waals surface area contributed by atoms with Crippen LogP contribution in [0.3, 0.4) is 0 Å². The van der Waals surface area contributed by atoms with Crippen molar-refractivity contribution in [2.24, 2.45) is 11.8 Å². The molecule has 2 atom stereocenters. The van der Waals surface area contributed by atoms with E-state index < -0.39 is 0 Å². The number of nitrogens with zero attached hydrogens (tertiary/aromatic N) is 4. The molecule has 1 aromatic heterocycles. The lowest BCUT2D eigenvalue weighted by Crippen LogP contribution is -2.46. The molecule has 2 aliphatic heterocycles. The Hall–Kier alpha value is -2.02. The van der Waals surface area contributed by atoms with Gasteiger partial charge in [-0.3, -0.25) is 14.6 Å². The van der Waals surface area contributed by atoms with Crippen LogP contribution in [0, 0.1) is 11.8 Å². The van der Waals surface area contributed by atoms with Crippen molar-refractivity contribution in [3.05, 3.63) is 24.3 Å². The molecule has 0 unspecified atom stereocenters. The zero-order valence-electron chi connectivity index (χ0n) is 12.6. The van der Waals surface area contributed by atoms with Crippen LogP contribution in [0.15, 0.2) is 18.6 Å². The highest BCUT2D eigenvalue weighted by atomic mass is 16.5. The van der Waals surface area contributed by atoms with Gasteiger partial charge in [-0.15, -0.1) is 0 Å². The second-order valence-electron chi connectivity index (χ2n) is 5.77. The molecule has 7 nitrogen and oxygen atoms in total. The van der Waals surface area contributed by atoms with E-state index >= 15 is 0 Å². The Morgan fingerprint density at radius 2 is 2.27 bits per heavy atom. The van der Waals surface area contributed by atoms with E-state index in [1.54, 1.807) is 12.0 Å². The average Bonchev–Trinajstić information content (AvgIpc) is 2.99. The first-order valence-corrected chi connectivity index (χ1v) is 7.53. The fourth-order valence-corrected chi connectivity index (χ4v) is 3.27. The van der Waals surface area contributed by atoms with Crippen LogP contribution in [-0.4, -0.2) is 71.5 Å². The van der Waals surface area contributed by atoms with E-state index in [2.05, 4.69) is 9.97 Å². The monoisotopic (exact) mass is 304 g/mol. The van der Waals surface area contributed by atoms with E-state index in [9.17, 15) is 9.59 Å². The highest BCUT2D eigenvalue weighted by molar-refractivity contribution is 5.93. The highest BCUT2D eigenvalue weighted by Gasteiger charge is 2.44. The minimum Gasteiger partial charge on any atom is -0.383 e. The van der Waals surface area contributed by atoms with Gasteiger partial charge in [-0.1, -0.05) is 0 Å². The summed E-state index contributed by atoms with van der Waals surface area (Å²) in [4.78, 5) is 36.5. The van der Waals surface area contributed by atoms with E-state index in [-0.39, 0.29) is 23.7 Å². The average molecular weight is 304 g/mol. The highest BCUT2D eigenvalue weighted by Crippen LogP contribution is 2.32. The lowest BCUT2D eigenvalue weighted by atomic mass is 9.88. The Labute approximate surface area is 129 Å². The maximum atomic E-state index is 12.5. The molecule has 0 bridgehead atoms. The van der Waals surface area contributed by atoms with Crippen molar-refractivity contribution in [1.29, 1.82) is 0 Å². The molecule has 2 aliphatic rings. The first-order valence-electron chi connectivity index (χ1n) is 7.53. The third kappa shape index (κ3) is 2.81. The van der Waals surface area contributed by atoms with Gasteiger partial charge in [-0.25, -0.2) is 4.98 Å². The van der Waals surface area contributed by atoms with Gasteiger partial charge in [-0.2, -0.15) is 0 Å². The minimum atomic E-state index is -0.140. The number of rotatable bonds is 4. The molecule has 2 saturated heterocycles. The molecule has 118 valence electrons. The van der Waals surface area contributed by atoms with Crippen molar-refractivity contribution >= 4 is 11.8 Å². The largest absolute Gasteiger partial charge is 0.383 e.